The Hall–Kier alpha value is -0.380. The molecule has 1 fully saturated rings. The molecule has 0 bridgehead atoms. The van der Waals surface area contributed by atoms with Crippen molar-refractivity contribution in [2.24, 2.45) is 0 Å². The Kier molecular flexibility index (Phi) is 5.17. The summed E-state index contributed by atoms with van der Waals surface area (Å²) < 4.78 is 0.301. The fourth-order valence-corrected chi connectivity index (χ4v) is 3.84. The molecule has 0 aliphatic carbocycles. The number of benzene rings is 1. The number of halogens is 1. The Balaban J connectivity index is 2.22. The van der Waals surface area contributed by atoms with Crippen molar-refractivity contribution in [3.8, 4) is 0 Å². The molecule has 118 valence electrons. The Bertz CT molecular complexity index is 494. The molecule has 2 nitrogen and oxygen atoms in total. The summed E-state index contributed by atoms with van der Waals surface area (Å²) in [6.07, 6.45) is 0. The number of anilines is 1. The molecule has 1 aliphatic rings. The molecule has 0 saturated carbocycles. The van der Waals surface area contributed by atoms with Crippen LogP contribution in [-0.4, -0.2) is 29.1 Å². The van der Waals surface area contributed by atoms with Crippen molar-refractivity contribution in [2.75, 3.05) is 23.7 Å². The summed E-state index contributed by atoms with van der Waals surface area (Å²) in [4.78, 5) is 2.49. The first-order chi connectivity index (χ1) is 9.66. The van der Waals surface area contributed by atoms with E-state index in [1.54, 1.807) is 0 Å². The zero-order valence-corrected chi connectivity index (χ0v) is 15.4. The quantitative estimate of drug-likeness (QED) is 0.876. The van der Waals surface area contributed by atoms with Crippen LogP contribution in [0.25, 0.3) is 0 Å². The van der Waals surface area contributed by atoms with Crippen molar-refractivity contribution in [3.05, 3.63) is 28.8 Å². The van der Waals surface area contributed by atoms with Gasteiger partial charge >= 0.3 is 0 Å². The molecule has 1 aromatic carbocycles. The largest absolute Gasteiger partial charge is 0.369 e. The Morgan fingerprint density at radius 2 is 2.05 bits per heavy atom. The maximum Gasteiger partial charge on any atom is 0.0427 e. The third kappa shape index (κ3) is 5.08. The molecule has 0 radical (unpaired) electrons. The van der Waals surface area contributed by atoms with E-state index in [0.29, 0.717) is 4.75 Å². The maximum absolute atomic E-state index is 6.24. The highest BCUT2D eigenvalue weighted by Crippen LogP contribution is 2.34. The number of nitrogens with zero attached hydrogens (tertiary/aromatic N) is 1. The Morgan fingerprint density at radius 3 is 2.67 bits per heavy atom. The highest BCUT2D eigenvalue weighted by atomic mass is 35.5. The lowest BCUT2D eigenvalue weighted by Crippen LogP contribution is -2.44. The third-order valence-corrected chi connectivity index (χ3v) is 5.16. The predicted molar refractivity (Wildman–Crippen MR) is 96.8 cm³/mol. The number of rotatable bonds is 3. The van der Waals surface area contributed by atoms with Gasteiger partial charge in [-0.3, -0.25) is 0 Å². The van der Waals surface area contributed by atoms with Gasteiger partial charge in [-0.05, 0) is 52.3 Å². The smallest absolute Gasteiger partial charge is 0.0427 e. The average Bonchev–Trinajstić information content (AvgIpc) is 2.35. The molecule has 1 aromatic rings. The Labute approximate surface area is 138 Å². The molecule has 0 atom stereocenters. The van der Waals surface area contributed by atoms with Crippen molar-refractivity contribution < 1.29 is 0 Å². The maximum atomic E-state index is 6.24. The van der Waals surface area contributed by atoms with Gasteiger partial charge < -0.3 is 10.2 Å². The molecule has 0 amide bonds. The molecule has 0 unspecified atom stereocenters. The summed E-state index contributed by atoms with van der Waals surface area (Å²) in [7, 11) is 0. The van der Waals surface area contributed by atoms with Gasteiger partial charge in [-0.2, -0.15) is 11.8 Å². The van der Waals surface area contributed by atoms with Crippen molar-refractivity contribution >= 4 is 29.1 Å². The summed E-state index contributed by atoms with van der Waals surface area (Å²) in [5.74, 6) is 1.17. The second-order valence-electron chi connectivity index (χ2n) is 7.41. The summed E-state index contributed by atoms with van der Waals surface area (Å²) in [5, 5.41) is 4.40. The minimum Gasteiger partial charge on any atom is -0.369 e. The SMILES string of the molecule is CC(C)(C)NCc1ccc(Cl)cc1N1CCSC(C)(C)C1. The van der Waals surface area contributed by atoms with Gasteiger partial charge in [-0.15, -0.1) is 0 Å². The fraction of sp³-hybridized carbons (Fsp3) is 0.647. The van der Waals surface area contributed by atoms with E-state index in [-0.39, 0.29) is 5.54 Å². The number of hydrogen-bond donors (Lipinski definition) is 1. The van der Waals surface area contributed by atoms with Crippen LogP contribution in [0.5, 0.6) is 0 Å². The van der Waals surface area contributed by atoms with Crippen LogP contribution >= 0.6 is 23.4 Å². The molecule has 1 saturated heterocycles. The van der Waals surface area contributed by atoms with E-state index in [0.717, 1.165) is 24.7 Å². The minimum atomic E-state index is 0.119. The zero-order valence-electron chi connectivity index (χ0n) is 13.8. The molecule has 2 rings (SSSR count). The normalized spacial score (nSPS) is 18.9. The molecular formula is C17H27ClN2S. The van der Waals surface area contributed by atoms with Crippen LogP contribution < -0.4 is 10.2 Å². The summed E-state index contributed by atoms with van der Waals surface area (Å²) in [5.41, 5.74) is 2.73. The lowest BCUT2D eigenvalue weighted by atomic mass is 10.1. The van der Waals surface area contributed by atoms with E-state index in [2.05, 4.69) is 68.7 Å². The van der Waals surface area contributed by atoms with Gasteiger partial charge in [0.25, 0.3) is 0 Å². The predicted octanol–water partition coefficient (Wildman–Crippen LogP) is 4.56. The van der Waals surface area contributed by atoms with E-state index in [1.165, 1.54) is 17.0 Å². The van der Waals surface area contributed by atoms with E-state index in [9.17, 15) is 0 Å². The van der Waals surface area contributed by atoms with Crippen LogP contribution in [0.4, 0.5) is 5.69 Å². The van der Waals surface area contributed by atoms with Gasteiger partial charge in [0.15, 0.2) is 0 Å². The lowest BCUT2D eigenvalue weighted by molar-refractivity contribution is 0.424. The van der Waals surface area contributed by atoms with Gasteiger partial charge in [0.2, 0.25) is 0 Å². The standard InChI is InChI=1S/C17H27ClN2S/c1-16(2,3)19-11-13-6-7-14(18)10-15(13)20-8-9-21-17(4,5)12-20/h6-7,10,19H,8-9,11-12H2,1-5H3. The molecule has 4 heteroatoms. The minimum absolute atomic E-state index is 0.119. The number of thioether (sulfide) groups is 1. The average molecular weight is 327 g/mol. The van der Waals surface area contributed by atoms with Crippen LogP contribution in [-0.2, 0) is 6.54 Å². The lowest BCUT2D eigenvalue weighted by Gasteiger charge is -2.40. The molecule has 1 aliphatic heterocycles. The first kappa shape index (κ1) is 17.0. The van der Waals surface area contributed by atoms with E-state index >= 15 is 0 Å². The van der Waals surface area contributed by atoms with Crippen molar-refractivity contribution in [1.29, 1.82) is 0 Å². The van der Waals surface area contributed by atoms with Gasteiger partial charge in [-0.25, -0.2) is 0 Å². The number of hydrogen-bond acceptors (Lipinski definition) is 3. The highest BCUT2D eigenvalue weighted by Gasteiger charge is 2.28. The summed E-state index contributed by atoms with van der Waals surface area (Å²) in [6.45, 7) is 14.3. The van der Waals surface area contributed by atoms with Crippen LogP contribution in [0.2, 0.25) is 5.02 Å². The third-order valence-electron chi connectivity index (χ3n) is 3.62. The molecule has 21 heavy (non-hydrogen) atoms. The second kappa shape index (κ2) is 6.39. The monoisotopic (exact) mass is 326 g/mol. The van der Waals surface area contributed by atoms with Crippen LogP contribution in [0, 0.1) is 0 Å². The molecular weight excluding hydrogens is 300 g/mol. The van der Waals surface area contributed by atoms with Gasteiger partial charge in [0.05, 0.1) is 0 Å². The second-order valence-corrected chi connectivity index (χ2v) is 9.64. The summed E-state index contributed by atoms with van der Waals surface area (Å²) in [6, 6.07) is 6.27. The first-order valence-corrected chi connectivity index (χ1v) is 8.95. The zero-order chi connectivity index (χ0) is 15.7. The van der Waals surface area contributed by atoms with Crippen molar-refractivity contribution in [1.82, 2.24) is 5.32 Å². The summed E-state index contributed by atoms with van der Waals surface area (Å²) >= 11 is 8.30. The Morgan fingerprint density at radius 1 is 1.33 bits per heavy atom. The van der Waals surface area contributed by atoms with Crippen molar-refractivity contribution in [2.45, 2.75) is 51.4 Å². The van der Waals surface area contributed by atoms with Gasteiger partial charge in [0, 0.05) is 46.4 Å². The van der Waals surface area contributed by atoms with E-state index < -0.39 is 0 Å². The fourth-order valence-electron chi connectivity index (χ4n) is 2.56. The van der Waals surface area contributed by atoms with Crippen molar-refractivity contribution in [3.63, 3.8) is 0 Å². The van der Waals surface area contributed by atoms with E-state index in [1.807, 2.05) is 6.07 Å². The topological polar surface area (TPSA) is 15.3 Å². The van der Waals surface area contributed by atoms with Gasteiger partial charge in [0.1, 0.15) is 0 Å². The van der Waals surface area contributed by atoms with Crippen LogP contribution in [0.3, 0.4) is 0 Å². The molecule has 0 spiro atoms. The molecule has 0 aromatic heterocycles. The van der Waals surface area contributed by atoms with Crippen LogP contribution in [0.1, 0.15) is 40.2 Å². The van der Waals surface area contributed by atoms with Crippen LogP contribution in [0.15, 0.2) is 18.2 Å². The molecule has 1 N–H and O–H groups in total. The van der Waals surface area contributed by atoms with Gasteiger partial charge in [-0.1, -0.05) is 17.7 Å². The van der Waals surface area contributed by atoms with E-state index in [4.69, 9.17) is 11.6 Å². The first-order valence-electron chi connectivity index (χ1n) is 7.59. The molecule has 1 heterocycles. The highest BCUT2D eigenvalue weighted by molar-refractivity contribution is 8.00. The number of nitrogens with one attached hydrogen (secondary N) is 1.